The number of nitrogens with one attached hydrogen (secondary N) is 1. The zero-order chi connectivity index (χ0) is 18.8. The second-order valence-corrected chi connectivity index (χ2v) is 9.15. The maximum atomic E-state index is 12.7. The number of fused-ring (bicyclic) bond motifs is 1. The Bertz CT molecular complexity index is 888. The zero-order valence-electron chi connectivity index (χ0n) is 16.2. The summed E-state index contributed by atoms with van der Waals surface area (Å²) >= 11 is 0. The number of likely N-dealkylation sites (tertiary alicyclic amines) is 1. The Balaban J connectivity index is 1.43. The van der Waals surface area contributed by atoms with Crippen LogP contribution in [0.2, 0.25) is 0 Å². The summed E-state index contributed by atoms with van der Waals surface area (Å²) in [5.41, 5.74) is 0.607. The Kier molecular flexibility index (Phi) is 3.49. The molecule has 1 aliphatic carbocycles. The van der Waals surface area contributed by atoms with Gasteiger partial charge in [0.2, 0.25) is 0 Å². The number of aromatic nitrogens is 3. The van der Waals surface area contributed by atoms with Crippen molar-refractivity contribution in [3.63, 3.8) is 0 Å². The number of nitrogens with zero attached hydrogens (tertiary/aromatic N) is 4. The lowest BCUT2D eigenvalue weighted by atomic mass is 9.79. The first-order valence-electron chi connectivity index (χ1n) is 9.93. The van der Waals surface area contributed by atoms with Gasteiger partial charge in [-0.25, -0.2) is 14.8 Å². The molecule has 1 saturated carbocycles. The van der Waals surface area contributed by atoms with Crippen molar-refractivity contribution in [3.8, 4) is 0 Å². The Hall–Kier alpha value is -2.31. The molecule has 3 aliphatic rings. The molecule has 2 saturated heterocycles. The molecule has 27 heavy (non-hydrogen) atoms. The van der Waals surface area contributed by atoms with E-state index >= 15 is 0 Å². The highest BCUT2D eigenvalue weighted by Gasteiger charge is 2.62. The summed E-state index contributed by atoms with van der Waals surface area (Å²) in [6.45, 7) is 7.59. The van der Waals surface area contributed by atoms with Crippen LogP contribution in [0.4, 0.5) is 10.6 Å². The SMILES string of the molecule is CC(C)(C)OC(=O)N1CC[C@]23CCN(c4ncnc5[nH]ccc45)[C@H]2CC[C@H]13. The molecule has 0 unspecified atom stereocenters. The summed E-state index contributed by atoms with van der Waals surface area (Å²) in [5, 5.41) is 1.08. The minimum Gasteiger partial charge on any atom is -0.444 e. The standard InChI is InChI=1S/C20H27N5O2/c1-19(2,3)27-18(26)25-11-8-20-7-10-24(14(20)4-5-15(20)25)17-13-6-9-21-16(13)22-12-23-17/h6,9,12,14-15H,4-5,7-8,10-11H2,1-3H3,(H,21,22,23)/t14-,15-,20+/m0/s1. The van der Waals surface area contributed by atoms with Gasteiger partial charge in [0.05, 0.1) is 5.39 Å². The second kappa shape index (κ2) is 5.59. The number of hydrogen-bond acceptors (Lipinski definition) is 5. The first kappa shape index (κ1) is 16.8. The highest BCUT2D eigenvalue weighted by Crippen LogP contribution is 2.57. The number of anilines is 1. The van der Waals surface area contributed by atoms with E-state index in [-0.39, 0.29) is 17.6 Å². The first-order chi connectivity index (χ1) is 12.9. The number of rotatable bonds is 1. The quantitative estimate of drug-likeness (QED) is 0.835. The summed E-state index contributed by atoms with van der Waals surface area (Å²) in [4.78, 5) is 29.4. The van der Waals surface area contributed by atoms with Crippen LogP contribution in [0.5, 0.6) is 0 Å². The third-order valence-electron chi connectivity index (χ3n) is 6.66. The first-order valence-corrected chi connectivity index (χ1v) is 9.93. The molecule has 0 aromatic carbocycles. The molecular formula is C20H27N5O2. The predicted molar refractivity (Wildman–Crippen MR) is 103 cm³/mol. The number of amides is 1. The molecule has 7 nitrogen and oxygen atoms in total. The highest BCUT2D eigenvalue weighted by molar-refractivity contribution is 5.87. The van der Waals surface area contributed by atoms with E-state index in [1.807, 2.05) is 31.9 Å². The second-order valence-electron chi connectivity index (χ2n) is 9.15. The van der Waals surface area contributed by atoms with Gasteiger partial charge in [0, 0.05) is 36.8 Å². The fourth-order valence-corrected chi connectivity index (χ4v) is 5.69. The molecule has 1 amide bonds. The van der Waals surface area contributed by atoms with Crippen LogP contribution in [-0.4, -0.2) is 56.7 Å². The highest BCUT2D eigenvalue weighted by atomic mass is 16.6. The van der Waals surface area contributed by atoms with Gasteiger partial charge in [0.1, 0.15) is 23.4 Å². The molecule has 4 heterocycles. The molecular weight excluding hydrogens is 342 g/mol. The average Bonchev–Trinajstić information content (AvgIpc) is 3.32. The van der Waals surface area contributed by atoms with Crippen LogP contribution >= 0.6 is 0 Å². The summed E-state index contributed by atoms with van der Waals surface area (Å²) in [6, 6.07) is 2.78. The molecule has 0 radical (unpaired) electrons. The maximum absolute atomic E-state index is 12.7. The van der Waals surface area contributed by atoms with Gasteiger partial charge in [-0.1, -0.05) is 0 Å². The van der Waals surface area contributed by atoms with Gasteiger partial charge in [0.15, 0.2) is 0 Å². The molecule has 144 valence electrons. The number of hydrogen-bond donors (Lipinski definition) is 1. The minimum atomic E-state index is -0.451. The predicted octanol–water partition coefficient (Wildman–Crippen LogP) is 3.33. The van der Waals surface area contributed by atoms with Crippen LogP contribution in [-0.2, 0) is 4.74 Å². The van der Waals surface area contributed by atoms with Crippen molar-refractivity contribution in [2.24, 2.45) is 5.41 Å². The van der Waals surface area contributed by atoms with Crippen LogP contribution in [0.1, 0.15) is 46.5 Å². The number of ether oxygens (including phenoxy) is 1. The molecule has 3 atom stereocenters. The molecule has 5 rings (SSSR count). The molecule has 2 aliphatic heterocycles. The van der Waals surface area contributed by atoms with Gasteiger partial charge in [-0.05, 0) is 52.5 Å². The molecule has 7 heteroatoms. The molecule has 1 spiro atoms. The van der Waals surface area contributed by atoms with Gasteiger partial charge < -0.3 is 19.5 Å². The number of aromatic amines is 1. The van der Waals surface area contributed by atoms with Crippen LogP contribution < -0.4 is 4.90 Å². The largest absolute Gasteiger partial charge is 0.444 e. The topological polar surface area (TPSA) is 74.3 Å². The van der Waals surface area contributed by atoms with E-state index in [2.05, 4.69) is 25.9 Å². The lowest BCUT2D eigenvalue weighted by molar-refractivity contribution is 0.0188. The maximum Gasteiger partial charge on any atom is 0.410 e. The normalized spacial score (nSPS) is 30.0. The molecule has 2 aromatic heterocycles. The Morgan fingerprint density at radius 3 is 2.81 bits per heavy atom. The molecule has 3 fully saturated rings. The number of H-pyrrole nitrogens is 1. The van der Waals surface area contributed by atoms with Crippen molar-refractivity contribution in [1.29, 1.82) is 0 Å². The number of carbonyl (C=O) groups excluding carboxylic acids is 1. The Morgan fingerprint density at radius 1 is 1.22 bits per heavy atom. The lowest BCUT2D eigenvalue weighted by Gasteiger charge is -2.34. The average molecular weight is 369 g/mol. The minimum absolute atomic E-state index is 0.154. The van der Waals surface area contributed by atoms with Crippen molar-refractivity contribution >= 4 is 22.9 Å². The van der Waals surface area contributed by atoms with Crippen LogP contribution in [0.3, 0.4) is 0 Å². The summed E-state index contributed by atoms with van der Waals surface area (Å²) in [6.07, 6.45) is 7.72. The lowest BCUT2D eigenvalue weighted by Crippen LogP contribution is -2.44. The van der Waals surface area contributed by atoms with Crippen molar-refractivity contribution in [2.75, 3.05) is 18.0 Å². The van der Waals surface area contributed by atoms with Crippen LogP contribution in [0.15, 0.2) is 18.6 Å². The van der Waals surface area contributed by atoms with E-state index in [1.165, 1.54) is 0 Å². The van der Waals surface area contributed by atoms with E-state index in [0.717, 1.165) is 55.6 Å². The van der Waals surface area contributed by atoms with Crippen molar-refractivity contribution < 1.29 is 9.53 Å². The van der Waals surface area contributed by atoms with E-state index in [0.29, 0.717) is 6.04 Å². The monoisotopic (exact) mass is 369 g/mol. The number of carbonyl (C=O) groups is 1. The van der Waals surface area contributed by atoms with E-state index in [4.69, 9.17) is 4.74 Å². The Labute approximate surface area is 159 Å². The third kappa shape index (κ3) is 2.43. The molecule has 1 N–H and O–H groups in total. The Morgan fingerprint density at radius 2 is 2.00 bits per heavy atom. The molecule has 2 aromatic rings. The zero-order valence-corrected chi connectivity index (χ0v) is 16.2. The van der Waals surface area contributed by atoms with Gasteiger partial charge in [-0.3, -0.25) is 0 Å². The summed E-state index contributed by atoms with van der Waals surface area (Å²) in [5.74, 6) is 1.03. The van der Waals surface area contributed by atoms with Gasteiger partial charge in [-0.2, -0.15) is 0 Å². The van der Waals surface area contributed by atoms with E-state index in [1.54, 1.807) is 6.33 Å². The fraction of sp³-hybridized carbons (Fsp3) is 0.650. The fourth-order valence-electron chi connectivity index (χ4n) is 5.69. The molecule has 0 bridgehead atoms. The van der Waals surface area contributed by atoms with Crippen molar-refractivity contribution in [3.05, 3.63) is 18.6 Å². The third-order valence-corrected chi connectivity index (χ3v) is 6.66. The van der Waals surface area contributed by atoms with Crippen molar-refractivity contribution in [2.45, 2.75) is 64.1 Å². The van der Waals surface area contributed by atoms with Gasteiger partial charge in [0.25, 0.3) is 0 Å². The summed E-state index contributed by atoms with van der Waals surface area (Å²) in [7, 11) is 0. The van der Waals surface area contributed by atoms with Gasteiger partial charge in [-0.15, -0.1) is 0 Å². The smallest absolute Gasteiger partial charge is 0.410 e. The van der Waals surface area contributed by atoms with E-state index in [9.17, 15) is 4.79 Å². The van der Waals surface area contributed by atoms with Crippen LogP contribution in [0.25, 0.3) is 11.0 Å². The van der Waals surface area contributed by atoms with E-state index < -0.39 is 5.60 Å². The van der Waals surface area contributed by atoms with Crippen LogP contribution in [0, 0.1) is 5.41 Å². The van der Waals surface area contributed by atoms with Gasteiger partial charge >= 0.3 is 6.09 Å². The summed E-state index contributed by atoms with van der Waals surface area (Å²) < 4.78 is 5.68. The van der Waals surface area contributed by atoms with Crippen molar-refractivity contribution in [1.82, 2.24) is 19.9 Å².